The highest BCUT2D eigenvalue weighted by molar-refractivity contribution is 5.98. The van der Waals surface area contributed by atoms with Crippen molar-refractivity contribution >= 4 is 11.8 Å². The van der Waals surface area contributed by atoms with Gasteiger partial charge >= 0.3 is 0 Å². The van der Waals surface area contributed by atoms with Gasteiger partial charge in [0.05, 0.1) is 17.9 Å². The fourth-order valence-electron chi connectivity index (χ4n) is 6.62. The first-order valence-corrected chi connectivity index (χ1v) is 13.8. The molecule has 3 rings (SSSR count). The van der Waals surface area contributed by atoms with Crippen molar-refractivity contribution in [1.82, 2.24) is 9.80 Å². The van der Waals surface area contributed by atoms with Crippen LogP contribution in [0.3, 0.4) is 0 Å². The Balaban J connectivity index is 1.96. The molecular weight excluding hydrogens is 482 g/mol. The molecule has 0 bridgehead atoms. The summed E-state index contributed by atoms with van der Waals surface area (Å²) in [6.07, 6.45) is 5.59. The number of hydrogen-bond acceptors (Lipinski definition) is 7. The van der Waals surface area contributed by atoms with Gasteiger partial charge in [-0.05, 0) is 75.7 Å². The minimum atomic E-state index is -1.07. The molecule has 1 aromatic carbocycles. The highest BCUT2D eigenvalue weighted by Crippen LogP contribution is 2.54. The van der Waals surface area contributed by atoms with E-state index in [-0.39, 0.29) is 47.5 Å². The smallest absolute Gasteiger partial charge is 0.236 e. The van der Waals surface area contributed by atoms with Crippen molar-refractivity contribution in [3.63, 3.8) is 0 Å². The standard InChI is InChI=1S/C30H45N3O5/c1-6-14-32-15-13-29(5)19-23(33(27(36)16-20(4)31)28(37)22(7-2)8-3)11-12-30(29,38)26(32)18-21-9-10-24(34)25(35)17-21/h7,9-10,17,22-23,26,34-35,38H,2,4,6,8,11-16,18-19,31H2,1,3,5H3/t22?,23?,26-,29?,30?/m1/s1. The van der Waals surface area contributed by atoms with Gasteiger partial charge in [-0.15, -0.1) is 6.58 Å². The summed E-state index contributed by atoms with van der Waals surface area (Å²) in [6, 6.07) is 4.23. The molecule has 5 atom stereocenters. The number of fused-ring (bicyclic) bond motifs is 1. The summed E-state index contributed by atoms with van der Waals surface area (Å²) >= 11 is 0. The van der Waals surface area contributed by atoms with E-state index in [1.807, 2.05) is 6.92 Å². The second-order valence-electron chi connectivity index (χ2n) is 11.4. The van der Waals surface area contributed by atoms with Crippen LogP contribution in [0, 0.1) is 11.3 Å². The fraction of sp³-hybridized carbons (Fsp3) is 0.600. The van der Waals surface area contributed by atoms with E-state index in [1.165, 1.54) is 11.0 Å². The Morgan fingerprint density at radius 1 is 1.26 bits per heavy atom. The molecule has 4 unspecified atom stereocenters. The van der Waals surface area contributed by atoms with Gasteiger partial charge in [-0.25, -0.2) is 0 Å². The molecule has 0 radical (unpaired) electrons. The van der Waals surface area contributed by atoms with Crippen molar-refractivity contribution in [3.05, 3.63) is 48.7 Å². The van der Waals surface area contributed by atoms with Crippen LogP contribution in [0.15, 0.2) is 43.1 Å². The molecule has 1 saturated carbocycles. The number of hydrogen-bond donors (Lipinski definition) is 4. The molecule has 1 aliphatic heterocycles. The second kappa shape index (κ2) is 11.9. The number of phenols is 2. The summed E-state index contributed by atoms with van der Waals surface area (Å²) in [5.41, 5.74) is 5.19. The van der Waals surface area contributed by atoms with E-state index in [0.717, 1.165) is 31.5 Å². The SMILES string of the molecule is C=CC(CC)C(=O)N(C(=O)CC(=C)N)C1CCC2(O)[C@@H](Cc3ccc(O)c(O)c3)N(CCC)CCC2(C)C1. The quantitative estimate of drug-likeness (QED) is 0.269. The molecule has 1 saturated heterocycles. The van der Waals surface area contributed by atoms with E-state index >= 15 is 0 Å². The molecular formula is C30H45N3O5. The first-order valence-electron chi connectivity index (χ1n) is 13.8. The molecule has 2 aliphatic rings. The Morgan fingerprint density at radius 3 is 2.55 bits per heavy atom. The lowest BCUT2D eigenvalue weighted by Crippen LogP contribution is -2.70. The third-order valence-electron chi connectivity index (χ3n) is 8.80. The van der Waals surface area contributed by atoms with Gasteiger partial charge in [-0.2, -0.15) is 0 Å². The number of nitrogens with two attached hydrogens (primary N) is 1. The van der Waals surface area contributed by atoms with E-state index in [4.69, 9.17) is 5.73 Å². The first kappa shape index (κ1) is 29.7. The molecule has 8 heteroatoms. The van der Waals surface area contributed by atoms with Gasteiger partial charge in [0.25, 0.3) is 0 Å². The summed E-state index contributed by atoms with van der Waals surface area (Å²) in [6.45, 7) is 15.1. The normalized spacial score (nSPS) is 28.2. The Hall–Kier alpha value is -2.84. The van der Waals surface area contributed by atoms with Crippen LogP contribution >= 0.6 is 0 Å². The van der Waals surface area contributed by atoms with Crippen molar-refractivity contribution in [3.8, 4) is 11.5 Å². The number of carbonyl (C=O) groups excluding carboxylic acids is 2. The van der Waals surface area contributed by atoms with Crippen LogP contribution in [0.4, 0.5) is 0 Å². The van der Waals surface area contributed by atoms with Crippen LogP contribution in [0.5, 0.6) is 11.5 Å². The lowest BCUT2D eigenvalue weighted by molar-refractivity contribution is -0.199. The van der Waals surface area contributed by atoms with Gasteiger partial charge < -0.3 is 21.1 Å². The Labute approximate surface area is 226 Å². The Morgan fingerprint density at radius 2 is 1.97 bits per heavy atom. The number of likely N-dealkylation sites (tertiary alicyclic amines) is 1. The molecule has 1 heterocycles. The number of rotatable bonds is 10. The van der Waals surface area contributed by atoms with Gasteiger partial charge in [0.1, 0.15) is 0 Å². The average Bonchev–Trinajstić information content (AvgIpc) is 2.85. The summed E-state index contributed by atoms with van der Waals surface area (Å²) in [5.74, 6) is -1.46. The molecule has 1 aromatic rings. The summed E-state index contributed by atoms with van der Waals surface area (Å²) in [5, 5.41) is 32.3. The predicted molar refractivity (Wildman–Crippen MR) is 148 cm³/mol. The third kappa shape index (κ3) is 5.76. The third-order valence-corrected chi connectivity index (χ3v) is 8.80. The number of carbonyl (C=O) groups is 2. The molecule has 8 nitrogen and oxygen atoms in total. The van der Waals surface area contributed by atoms with Crippen molar-refractivity contribution in [2.24, 2.45) is 17.1 Å². The zero-order chi connectivity index (χ0) is 28.3. The van der Waals surface area contributed by atoms with Crippen molar-refractivity contribution in [1.29, 1.82) is 0 Å². The van der Waals surface area contributed by atoms with Crippen molar-refractivity contribution in [2.45, 2.75) is 89.8 Å². The van der Waals surface area contributed by atoms with Crippen molar-refractivity contribution < 1.29 is 24.9 Å². The van der Waals surface area contributed by atoms with Crippen LogP contribution < -0.4 is 5.73 Å². The molecule has 2 amide bonds. The molecule has 210 valence electrons. The maximum atomic E-state index is 13.5. The van der Waals surface area contributed by atoms with Crippen LogP contribution in [0.2, 0.25) is 0 Å². The molecule has 1 aliphatic carbocycles. The summed E-state index contributed by atoms with van der Waals surface area (Å²) in [7, 11) is 0. The van der Waals surface area contributed by atoms with Crippen LogP contribution in [0.1, 0.15) is 71.3 Å². The summed E-state index contributed by atoms with van der Waals surface area (Å²) in [4.78, 5) is 30.5. The topological polar surface area (TPSA) is 127 Å². The number of piperidine rings is 1. The summed E-state index contributed by atoms with van der Waals surface area (Å²) < 4.78 is 0. The zero-order valence-corrected chi connectivity index (χ0v) is 23.2. The van der Waals surface area contributed by atoms with Gasteiger partial charge in [0.2, 0.25) is 11.8 Å². The van der Waals surface area contributed by atoms with Crippen LogP contribution in [-0.4, -0.2) is 67.7 Å². The van der Waals surface area contributed by atoms with E-state index < -0.39 is 16.9 Å². The number of aliphatic hydroxyl groups is 1. The lowest BCUT2D eigenvalue weighted by Gasteiger charge is -2.61. The highest BCUT2D eigenvalue weighted by Gasteiger charge is 2.59. The van der Waals surface area contributed by atoms with E-state index in [9.17, 15) is 24.9 Å². The minimum absolute atomic E-state index is 0.103. The maximum Gasteiger partial charge on any atom is 0.236 e. The first-order chi connectivity index (χ1) is 17.9. The zero-order valence-electron chi connectivity index (χ0n) is 23.2. The highest BCUT2D eigenvalue weighted by atomic mass is 16.3. The Kier molecular flexibility index (Phi) is 9.31. The van der Waals surface area contributed by atoms with Crippen molar-refractivity contribution in [2.75, 3.05) is 13.1 Å². The molecule has 38 heavy (non-hydrogen) atoms. The second-order valence-corrected chi connectivity index (χ2v) is 11.4. The minimum Gasteiger partial charge on any atom is -0.504 e. The number of phenolic OH excluding ortho intramolecular Hbond substituents is 2. The Bertz CT molecular complexity index is 1060. The van der Waals surface area contributed by atoms with Crippen LogP contribution in [-0.2, 0) is 16.0 Å². The molecule has 0 spiro atoms. The van der Waals surface area contributed by atoms with Gasteiger partial charge in [-0.3, -0.25) is 19.4 Å². The number of benzene rings is 1. The van der Waals surface area contributed by atoms with E-state index in [1.54, 1.807) is 18.2 Å². The van der Waals surface area contributed by atoms with Gasteiger partial charge in [0.15, 0.2) is 11.5 Å². The van der Waals surface area contributed by atoms with Gasteiger partial charge in [-0.1, -0.05) is 39.5 Å². The lowest BCUT2D eigenvalue weighted by atomic mass is 9.55. The number of amides is 2. The monoisotopic (exact) mass is 527 g/mol. The number of imide groups is 1. The maximum absolute atomic E-state index is 13.5. The molecule has 2 fully saturated rings. The number of nitrogens with zero attached hydrogens (tertiary/aromatic N) is 2. The van der Waals surface area contributed by atoms with Crippen LogP contribution in [0.25, 0.3) is 0 Å². The molecule has 0 aromatic heterocycles. The van der Waals surface area contributed by atoms with Gasteiger partial charge in [0, 0.05) is 23.2 Å². The fourth-order valence-corrected chi connectivity index (χ4v) is 6.62. The van der Waals surface area contributed by atoms with E-state index in [0.29, 0.717) is 32.1 Å². The number of aromatic hydroxyl groups is 2. The van der Waals surface area contributed by atoms with E-state index in [2.05, 4.69) is 31.9 Å². The predicted octanol–water partition coefficient (Wildman–Crippen LogP) is 3.84. The largest absolute Gasteiger partial charge is 0.504 e. The average molecular weight is 528 g/mol. The molecule has 5 N–H and O–H groups in total.